The van der Waals surface area contributed by atoms with Gasteiger partial charge in [0.25, 0.3) is 10.0 Å². The smallest absolute Gasteiger partial charge is 0.262 e. The number of hydrogen-bond acceptors (Lipinski definition) is 4. The number of nitrogens with one attached hydrogen (secondary N) is 1. The highest BCUT2D eigenvalue weighted by Crippen LogP contribution is 2.27. The molecule has 0 spiro atoms. The third kappa shape index (κ3) is 3.27. The maximum absolute atomic E-state index is 12.7. The van der Waals surface area contributed by atoms with E-state index < -0.39 is 10.0 Å². The van der Waals surface area contributed by atoms with E-state index in [0.717, 1.165) is 0 Å². The second-order valence-corrected chi connectivity index (χ2v) is 6.85. The van der Waals surface area contributed by atoms with Crippen molar-refractivity contribution in [2.45, 2.75) is 18.7 Å². The van der Waals surface area contributed by atoms with E-state index in [9.17, 15) is 8.42 Å². The molecule has 23 heavy (non-hydrogen) atoms. The molecule has 0 aliphatic heterocycles. The van der Waals surface area contributed by atoms with Crippen LogP contribution in [0.5, 0.6) is 0 Å². The Bertz CT molecular complexity index is 931. The standard InChI is InChI=1S/C17H16N2O3S/c1-12-8-9-14(16-11-18-13(2)22-16)10-17(12)23(20,21)19-15-6-4-3-5-7-15/h3-11,19H,1-2H3. The van der Waals surface area contributed by atoms with E-state index in [2.05, 4.69) is 9.71 Å². The van der Waals surface area contributed by atoms with Crippen LogP contribution < -0.4 is 4.72 Å². The first kappa shape index (κ1) is 15.3. The third-order valence-corrected chi connectivity index (χ3v) is 4.93. The lowest BCUT2D eigenvalue weighted by Gasteiger charge is -2.11. The van der Waals surface area contributed by atoms with E-state index in [1.807, 2.05) is 12.1 Å². The highest BCUT2D eigenvalue weighted by molar-refractivity contribution is 7.92. The van der Waals surface area contributed by atoms with Gasteiger partial charge in [-0.05, 0) is 30.7 Å². The molecule has 2 aromatic carbocycles. The number of rotatable bonds is 4. The summed E-state index contributed by atoms with van der Waals surface area (Å²) in [6, 6.07) is 14.0. The fourth-order valence-electron chi connectivity index (χ4n) is 2.25. The number of hydrogen-bond donors (Lipinski definition) is 1. The van der Waals surface area contributed by atoms with Gasteiger partial charge in [0, 0.05) is 18.2 Å². The molecule has 0 aliphatic rings. The first-order chi connectivity index (χ1) is 11.0. The molecule has 0 saturated heterocycles. The highest BCUT2D eigenvalue weighted by Gasteiger charge is 2.18. The molecule has 0 radical (unpaired) electrons. The van der Waals surface area contributed by atoms with E-state index in [-0.39, 0.29) is 4.90 Å². The van der Waals surface area contributed by atoms with Crippen LogP contribution in [0.2, 0.25) is 0 Å². The van der Waals surface area contributed by atoms with Gasteiger partial charge in [0.15, 0.2) is 11.7 Å². The van der Waals surface area contributed by atoms with Crippen molar-refractivity contribution in [3.63, 3.8) is 0 Å². The minimum atomic E-state index is -3.68. The zero-order valence-corrected chi connectivity index (χ0v) is 13.6. The van der Waals surface area contributed by atoms with Crippen LogP contribution in [0.25, 0.3) is 11.3 Å². The summed E-state index contributed by atoms with van der Waals surface area (Å²) >= 11 is 0. The molecule has 3 rings (SSSR count). The van der Waals surface area contributed by atoms with Gasteiger partial charge in [0.1, 0.15) is 0 Å². The van der Waals surface area contributed by atoms with Gasteiger partial charge in [-0.2, -0.15) is 0 Å². The fraction of sp³-hybridized carbons (Fsp3) is 0.118. The lowest BCUT2D eigenvalue weighted by Crippen LogP contribution is -2.14. The molecular formula is C17H16N2O3S. The second kappa shape index (κ2) is 5.89. The summed E-state index contributed by atoms with van der Waals surface area (Å²) in [6.07, 6.45) is 1.58. The van der Waals surface area contributed by atoms with Crippen molar-refractivity contribution in [2.75, 3.05) is 4.72 Å². The number of aryl methyl sites for hydroxylation is 2. The van der Waals surface area contributed by atoms with Crippen LogP contribution in [0, 0.1) is 13.8 Å². The number of para-hydroxylation sites is 1. The predicted molar refractivity (Wildman–Crippen MR) is 88.7 cm³/mol. The lowest BCUT2D eigenvalue weighted by atomic mass is 10.1. The van der Waals surface area contributed by atoms with Gasteiger partial charge in [0.2, 0.25) is 0 Å². The summed E-state index contributed by atoms with van der Waals surface area (Å²) in [7, 11) is -3.68. The van der Waals surface area contributed by atoms with Crippen molar-refractivity contribution in [1.29, 1.82) is 0 Å². The minimum Gasteiger partial charge on any atom is -0.441 e. The summed E-state index contributed by atoms with van der Waals surface area (Å²) in [6.45, 7) is 3.50. The summed E-state index contributed by atoms with van der Waals surface area (Å²) in [5, 5.41) is 0. The summed E-state index contributed by atoms with van der Waals surface area (Å²) < 4.78 is 33.4. The normalized spacial score (nSPS) is 11.4. The van der Waals surface area contributed by atoms with Gasteiger partial charge in [-0.15, -0.1) is 0 Å². The molecule has 0 fully saturated rings. The molecule has 0 amide bonds. The van der Waals surface area contributed by atoms with Crippen molar-refractivity contribution in [1.82, 2.24) is 4.98 Å². The quantitative estimate of drug-likeness (QED) is 0.791. The third-order valence-electron chi connectivity index (χ3n) is 3.41. The molecule has 3 aromatic rings. The van der Waals surface area contributed by atoms with Gasteiger partial charge in [-0.1, -0.05) is 30.3 Å². The molecule has 118 valence electrons. The Balaban J connectivity index is 2.01. The van der Waals surface area contributed by atoms with Crippen molar-refractivity contribution < 1.29 is 12.8 Å². The monoisotopic (exact) mass is 328 g/mol. The van der Waals surface area contributed by atoms with Gasteiger partial charge < -0.3 is 4.42 Å². The maximum Gasteiger partial charge on any atom is 0.262 e. The van der Waals surface area contributed by atoms with Crippen LogP contribution in [-0.4, -0.2) is 13.4 Å². The van der Waals surface area contributed by atoms with Gasteiger partial charge in [-0.25, -0.2) is 13.4 Å². The number of sulfonamides is 1. The Morgan fingerprint density at radius 1 is 1.04 bits per heavy atom. The largest absolute Gasteiger partial charge is 0.441 e. The summed E-state index contributed by atoms with van der Waals surface area (Å²) in [4.78, 5) is 4.26. The average Bonchev–Trinajstić information content (AvgIpc) is 2.94. The predicted octanol–water partition coefficient (Wildman–Crippen LogP) is 3.76. The summed E-state index contributed by atoms with van der Waals surface area (Å²) in [5.41, 5.74) is 1.85. The number of anilines is 1. The van der Waals surface area contributed by atoms with Gasteiger partial charge >= 0.3 is 0 Å². The molecule has 0 aliphatic carbocycles. The number of aromatic nitrogens is 1. The minimum absolute atomic E-state index is 0.216. The highest BCUT2D eigenvalue weighted by atomic mass is 32.2. The molecule has 0 bridgehead atoms. The maximum atomic E-state index is 12.7. The van der Waals surface area contributed by atoms with Crippen LogP contribution in [0.1, 0.15) is 11.5 Å². The van der Waals surface area contributed by atoms with Crippen molar-refractivity contribution in [3.8, 4) is 11.3 Å². The molecule has 0 unspecified atom stereocenters. The Kier molecular flexibility index (Phi) is 3.92. The van der Waals surface area contributed by atoms with Gasteiger partial charge in [-0.3, -0.25) is 4.72 Å². The van der Waals surface area contributed by atoms with E-state index in [1.165, 1.54) is 0 Å². The molecule has 5 nitrogen and oxygen atoms in total. The molecule has 0 atom stereocenters. The van der Waals surface area contributed by atoms with Crippen LogP contribution >= 0.6 is 0 Å². The SMILES string of the molecule is Cc1ncc(-c2ccc(C)c(S(=O)(=O)Nc3ccccc3)c2)o1. The first-order valence-corrected chi connectivity index (χ1v) is 8.55. The van der Waals surface area contributed by atoms with Crippen molar-refractivity contribution >= 4 is 15.7 Å². The fourth-order valence-corrected chi connectivity index (χ4v) is 3.58. The number of nitrogens with zero attached hydrogens (tertiary/aromatic N) is 1. The molecule has 6 heteroatoms. The van der Waals surface area contributed by atoms with Crippen LogP contribution in [0.15, 0.2) is 64.0 Å². The van der Waals surface area contributed by atoms with Crippen LogP contribution in [0.3, 0.4) is 0 Å². The molecule has 1 heterocycles. The Hall–Kier alpha value is -2.60. The van der Waals surface area contributed by atoms with E-state index >= 15 is 0 Å². The number of oxazole rings is 1. The topological polar surface area (TPSA) is 72.2 Å². The van der Waals surface area contributed by atoms with Crippen molar-refractivity contribution in [3.05, 3.63) is 66.2 Å². The Labute approximate surface area is 135 Å². The molecule has 1 N–H and O–H groups in total. The van der Waals surface area contributed by atoms with E-state index in [0.29, 0.717) is 28.5 Å². The summed E-state index contributed by atoms with van der Waals surface area (Å²) in [5.74, 6) is 1.08. The van der Waals surface area contributed by atoms with Gasteiger partial charge in [0.05, 0.1) is 11.1 Å². The van der Waals surface area contributed by atoms with E-state index in [4.69, 9.17) is 4.42 Å². The number of benzene rings is 2. The molecule has 0 saturated carbocycles. The molecule has 1 aromatic heterocycles. The zero-order chi connectivity index (χ0) is 16.4. The van der Waals surface area contributed by atoms with Crippen LogP contribution in [0.4, 0.5) is 5.69 Å². The van der Waals surface area contributed by atoms with Crippen molar-refractivity contribution in [2.24, 2.45) is 0 Å². The lowest BCUT2D eigenvalue weighted by molar-refractivity contribution is 0.534. The van der Waals surface area contributed by atoms with E-state index in [1.54, 1.807) is 56.4 Å². The zero-order valence-electron chi connectivity index (χ0n) is 12.8. The molecular weight excluding hydrogens is 312 g/mol. The first-order valence-electron chi connectivity index (χ1n) is 7.07. The average molecular weight is 328 g/mol. The Morgan fingerprint density at radius 3 is 2.43 bits per heavy atom. The van der Waals surface area contributed by atoms with Crippen LogP contribution in [-0.2, 0) is 10.0 Å². The Morgan fingerprint density at radius 2 is 1.78 bits per heavy atom. The second-order valence-electron chi connectivity index (χ2n) is 5.20.